The van der Waals surface area contributed by atoms with Gasteiger partial charge in [0.05, 0.1) is 25.9 Å². The predicted molar refractivity (Wildman–Crippen MR) is 82.3 cm³/mol. The van der Waals surface area contributed by atoms with Gasteiger partial charge in [0.25, 0.3) is 0 Å². The number of hydrogen-bond acceptors (Lipinski definition) is 5. The van der Waals surface area contributed by atoms with Gasteiger partial charge in [-0.3, -0.25) is 4.79 Å². The number of likely N-dealkylation sites (N-methyl/N-ethyl adjacent to an activating group) is 1. The first kappa shape index (κ1) is 18.4. The largest absolute Gasteiger partial charge is 0.465 e. The van der Waals surface area contributed by atoms with Crippen LogP contribution in [0.3, 0.4) is 0 Å². The Kier molecular flexibility index (Phi) is 8.22. The van der Waals surface area contributed by atoms with E-state index in [9.17, 15) is 4.79 Å². The fraction of sp³-hybridized carbons (Fsp3) is 0.938. The smallest absolute Gasteiger partial charge is 0.326 e. The third-order valence-electron chi connectivity index (χ3n) is 4.20. The van der Waals surface area contributed by atoms with E-state index in [1.165, 1.54) is 0 Å². The van der Waals surface area contributed by atoms with E-state index in [1.807, 2.05) is 27.8 Å². The molecule has 1 N–H and O–H groups in total. The Morgan fingerprint density at radius 3 is 2.71 bits per heavy atom. The van der Waals surface area contributed by atoms with E-state index in [-0.39, 0.29) is 18.0 Å². The summed E-state index contributed by atoms with van der Waals surface area (Å²) in [6.45, 7) is 8.20. The number of rotatable bonds is 10. The van der Waals surface area contributed by atoms with E-state index >= 15 is 0 Å². The third kappa shape index (κ3) is 5.24. The van der Waals surface area contributed by atoms with Crippen LogP contribution in [0.1, 0.15) is 46.5 Å². The lowest BCUT2D eigenvalue weighted by molar-refractivity contribution is -0.153. The molecule has 1 aliphatic carbocycles. The Hall–Kier alpha value is -0.650. The third-order valence-corrected chi connectivity index (χ3v) is 4.20. The van der Waals surface area contributed by atoms with Gasteiger partial charge in [0, 0.05) is 6.61 Å². The van der Waals surface area contributed by atoms with Gasteiger partial charge in [-0.05, 0) is 53.0 Å². The molecule has 2 unspecified atom stereocenters. The van der Waals surface area contributed by atoms with Crippen LogP contribution in [0.15, 0.2) is 0 Å². The maximum absolute atomic E-state index is 12.3. The van der Waals surface area contributed by atoms with Crippen LogP contribution >= 0.6 is 0 Å². The summed E-state index contributed by atoms with van der Waals surface area (Å²) in [4.78, 5) is 12.3. The van der Waals surface area contributed by atoms with Crippen molar-refractivity contribution in [1.29, 1.82) is 0 Å². The van der Waals surface area contributed by atoms with Crippen LogP contribution in [0, 0.1) is 5.92 Å². The minimum atomic E-state index is -0.520. The van der Waals surface area contributed by atoms with Crippen LogP contribution < -0.4 is 5.32 Å². The van der Waals surface area contributed by atoms with Crippen LogP contribution in [0.25, 0.3) is 0 Å². The highest BCUT2D eigenvalue weighted by Gasteiger charge is 2.48. The summed E-state index contributed by atoms with van der Waals surface area (Å²) in [5.74, 6) is 0.172. The fourth-order valence-electron chi connectivity index (χ4n) is 3.10. The van der Waals surface area contributed by atoms with Crippen molar-refractivity contribution in [2.45, 2.75) is 58.1 Å². The predicted octanol–water partition coefficient (Wildman–Crippen LogP) is 2.14. The highest BCUT2D eigenvalue weighted by atomic mass is 16.5. The summed E-state index contributed by atoms with van der Waals surface area (Å²) in [6, 6.07) is 0. The topological polar surface area (TPSA) is 56.8 Å². The number of hydrogen-bond donors (Lipinski definition) is 1. The van der Waals surface area contributed by atoms with Crippen molar-refractivity contribution < 1.29 is 19.0 Å². The van der Waals surface area contributed by atoms with Crippen molar-refractivity contribution in [3.63, 3.8) is 0 Å². The highest BCUT2D eigenvalue weighted by Crippen LogP contribution is 2.38. The molecular weight excluding hydrogens is 270 g/mol. The van der Waals surface area contributed by atoms with E-state index in [1.54, 1.807) is 0 Å². The van der Waals surface area contributed by atoms with Crippen molar-refractivity contribution in [2.24, 2.45) is 5.92 Å². The van der Waals surface area contributed by atoms with Gasteiger partial charge in [-0.15, -0.1) is 0 Å². The number of carbonyl (C=O) groups is 1. The molecular formula is C16H31NO4. The average molecular weight is 301 g/mol. The normalized spacial score (nSPS) is 25.5. The van der Waals surface area contributed by atoms with Gasteiger partial charge in [-0.1, -0.05) is 6.42 Å². The zero-order valence-electron chi connectivity index (χ0n) is 13.9. The van der Waals surface area contributed by atoms with Crippen molar-refractivity contribution in [3.05, 3.63) is 0 Å². The van der Waals surface area contributed by atoms with Gasteiger partial charge < -0.3 is 19.5 Å². The second-order valence-electron chi connectivity index (χ2n) is 5.85. The minimum absolute atomic E-state index is 0.113. The summed E-state index contributed by atoms with van der Waals surface area (Å²) < 4.78 is 16.3. The second-order valence-corrected chi connectivity index (χ2v) is 5.85. The van der Waals surface area contributed by atoms with Crippen molar-refractivity contribution in [2.75, 3.05) is 33.5 Å². The molecule has 0 amide bonds. The van der Waals surface area contributed by atoms with Gasteiger partial charge in [0.1, 0.15) is 5.54 Å². The van der Waals surface area contributed by atoms with Crippen LogP contribution in [-0.2, 0) is 19.0 Å². The molecule has 5 heteroatoms. The monoisotopic (exact) mass is 301 g/mol. The number of carbonyl (C=O) groups excluding carboxylic acids is 1. The van der Waals surface area contributed by atoms with Crippen molar-refractivity contribution in [3.8, 4) is 0 Å². The maximum Gasteiger partial charge on any atom is 0.326 e. The first-order valence-corrected chi connectivity index (χ1v) is 8.12. The standard InChI is InChI=1S/C16H31NO4/c1-5-20-15(18)16(17-4)9-6-7-14(16)8-10-19-11-12-21-13(2)3/h13-14,17H,5-12H2,1-4H3. The number of esters is 1. The van der Waals surface area contributed by atoms with Gasteiger partial charge in [-0.25, -0.2) is 0 Å². The molecule has 1 rings (SSSR count). The van der Waals surface area contributed by atoms with Gasteiger partial charge in [0.15, 0.2) is 0 Å². The molecule has 0 radical (unpaired) electrons. The molecule has 1 aliphatic rings. The first-order valence-electron chi connectivity index (χ1n) is 8.12. The maximum atomic E-state index is 12.3. The Morgan fingerprint density at radius 2 is 2.10 bits per heavy atom. The SMILES string of the molecule is CCOC(=O)C1(NC)CCCC1CCOCCOC(C)C. The van der Waals surface area contributed by atoms with E-state index < -0.39 is 5.54 Å². The molecule has 0 aromatic heterocycles. The highest BCUT2D eigenvalue weighted by molar-refractivity contribution is 5.81. The van der Waals surface area contributed by atoms with Crippen LogP contribution in [0.5, 0.6) is 0 Å². The molecule has 124 valence electrons. The van der Waals surface area contributed by atoms with E-state index in [0.717, 1.165) is 25.7 Å². The van der Waals surface area contributed by atoms with Gasteiger partial charge in [0.2, 0.25) is 0 Å². The Labute approximate surface area is 128 Å². The fourth-order valence-corrected chi connectivity index (χ4v) is 3.10. The van der Waals surface area contributed by atoms with Crippen molar-refractivity contribution >= 4 is 5.97 Å². The average Bonchev–Trinajstić information content (AvgIpc) is 2.86. The molecule has 0 aromatic rings. The molecule has 1 saturated carbocycles. The van der Waals surface area contributed by atoms with Gasteiger partial charge in [-0.2, -0.15) is 0 Å². The summed E-state index contributed by atoms with van der Waals surface area (Å²) in [5.41, 5.74) is -0.520. The summed E-state index contributed by atoms with van der Waals surface area (Å²) in [5, 5.41) is 3.22. The molecule has 2 atom stereocenters. The Morgan fingerprint density at radius 1 is 1.33 bits per heavy atom. The Bertz CT molecular complexity index is 309. The molecule has 1 fully saturated rings. The van der Waals surface area contributed by atoms with Gasteiger partial charge >= 0.3 is 5.97 Å². The summed E-state index contributed by atoms with van der Waals surface area (Å²) in [7, 11) is 1.85. The number of ether oxygens (including phenoxy) is 3. The molecule has 0 aromatic carbocycles. The molecule has 0 saturated heterocycles. The zero-order chi connectivity index (χ0) is 15.7. The second kappa shape index (κ2) is 9.38. The van der Waals surface area contributed by atoms with E-state index in [4.69, 9.17) is 14.2 Å². The van der Waals surface area contributed by atoms with Crippen molar-refractivity contribution in [1.82, 2.24) is 5.32 Å². The Balaban J connectivity index is 2.36. The van der Waals surface area contributed by atoms with Crippen LogP contribution in [-0.4, -0.2) is 51.1 Å². The van der Waals surface area contributed by atoms with E-state index in [2.05, 4.69) is 5.32 Å². The number of nitrogens with one attached hydrogen (secondary N) is 1. The van der Waals surface area contributed by atoms with Crippen LogP contribution in [0.4, 0.5) is 0 Å². The summed E-state index contributed by atoms with van der Waals surface area (Å²) in [6.07, 6.45) is 4.07. The lowest BCUT2D eigenvalue weighted by Crippen LogP contribution is -2.54. The lowest BCUT2D eigenvalue weighted by atomic mass is 9.85. The first-order chi connectivity index (χ1) is 10.1. The molecule has 5 nitrogen and oxygen atoms in total. The van der Waals surface area contributed by atoms with Crippen LogP contribution in [0.2, 0.25) is 0 Å². The minimum Gasteiger partial charge on any atom is -0.465 e. The molecule has 0 spiro atoms. The van der Waals surface area contributed by atoms with E-state index in [0.29, 0.717) is 26.4 Å². The zero-order valence-corrected chi connectivity index (χ0v) is 13.9. The lowest BCUT2D eigenvalue weighted by Gasteiger charge is -2.32. The summed E-state index contributed by atoms with van der Waals surface area (Å²) >= 11 is 0. The molecule has 21 heavy (non-hydrogen) atoms. The molecule has 0 bridgehead atoms. The molecule has 0 aliphatic heterocycles. The molecule has 0 heterocycles. The quantitative estimate of drug-likeness (QED) is 0.495.